The molecule has 7 heteroatoms. The molecule has 0 radical (unpaired) electrons. The number of carbonyl (C=O) groups excluding carboxylic acids is 2. The summed E-state index contributed by atoms with van der Waals surface area (Å²) in [5.74, 6) is -0.791. The third-order valence-corrected chi connectivity index (χ3v) is 2.54. The van der Waals surface area contributed by atoms with Gasteiger partial charge in [0, 0.05) is 5.69 Å². The van der Waals surface area contributed by atoms with Crippen LogP contribution in [0, 0.1) is 6.92 Å². The minimum atomic E-state index is -0.463. The molecule has 2 N–H and O–H groups in total. The van der Waals surface area contributed by atoms with Crippen LogP contribution in [0.5, 0.6) is 0 Å². The van der Waals surface area contributed by atoms with Crippen LogP contribution in [0.4, 0.5) is 5.69 Å². The minimum Gasteiger partial charge on any atom is -0.465 e. The van der Waals surface area contributed by atoms with Crippen LogP contribution in [0.1, 0.15) is 26.5 Å². The second kappa shape index (κ2) is 5.30. The standard InChI is InChI=1S/C12H12N4O3/c1-7-3-4-8(12(18)19-2)5-9(7)15-11(17)10-13-6-14-16-10/h3-6H,1-2H3,(H,15,17)(H,13,14,16). The van der Waals surface area contributed by atoms with E-state index in [1.807, 2.05) is 6.92 Å². The van der Waals surface area contributed by atoms with Crippen molar-refractivity contribution in [2.24, 2.45) is 0 Å². The molecule has 0 spiro atoms. The number of anilines is 1. The molecule has 1 aromatic carbocycles. The Labute approximate surface area is 109 Å². The molecule has 0 aliphatic rings. The molecule has 1 heterocycles. The lowest BCUT2D eigenvalue weighted by Gasteiger charge is -2.08. The van der Waals surface area contributed by atoms with Crippen LogP contribution in [0.15, 0.2) is 24.5 Å². The fraction of sp³-hybridized carbons (Fsp3) is 0.167. The number of rotatable bonds is 3. The van der Waals surface area contributed by atoms with Gasteiger partial charge < -0.3 is 10.1 Å². The topological polar surface area (TPSA) is 97.0 Å². The Bertz CT molecular complexity index is 607. The van der Waals surface area contributed by atoms with Gasteiger partial charge in [-0.2, -0.15) is 5.10 Å². The number of benzene rings is 1. The highest BCUT2D eigenvalue weighted by Gasteiger charge is 2.13. The Morgan fingerprint density at radius 3 is 2.79 bits per heavy atom. The second-order valence-corrected chi connectivity index (χ2v) is 3.81. The number of amides is 1. The predicted octanol–water partition coefficient (Wildman–Crippen LogP) is 1.15. The molecule has 0 aliphatic carbocycles. The SMILES string of the molecule is COC(=O)c1ccc(C)c(NC(=O)c2ncn[nH]2)c1. The molecule has 0 fully saturated rings. The summed E-state index contributed by atoms with van der Waals surface area (Å²) < 4.78 is 4.63. The largest absolute Gasteiger partial charge is 0.465 e. The summed E-state index contributed by atoms with van der Waals surface area (Å²) >= 11 is 0. The summed E-state index contributed by atoms with van der Waals surface area (Å²) in [5, 5.41) is 8.71. The highest BCUT2D eigenvalue weighted by Crippen LogP contribution is 2.18. The highest BCUT2D eigenvalue weighted by atomic mass is 16.5. The van der Waals surface area contributed by atoms with Crippen molar-refractivity contribution in [1.29, 1.82) is 0 Å². The monoisotopic (exact) mass is 260 g/mol. The van der Waals surface area contributed by atoms with Gasteiger partial charge in [0.1, 0.15) is 6.33 Å². The maximum atomic E-state index is 11.8. The average Bonchev–Trinajstić information content (AvgIpc) is 2.94. The van der Waals surface area contributed by atoms with E-state index < -0.39 is 11.9 Å². The summed E-state index contributed by atoms with van der Waals surface area (Å²) in [5.41, 5.74) is 1.70. The Morgan fingerprint density at radius 2 is 2.16 bits per heavy atom. The zero-order valence-electron chi connectivity index (χ0n) is 10.4. The number of aromatic nitrogens is 3. The van der Waals surface area contributed by atoms with Crippen LogP contribution in [0.3, 0.4) is 0 Å². The number of esters is 1. The molecule has 0 atom stereocenters. The third-order valence-electron chi connectivity index (χ3n) is 2.54. The third kappa shape index (κ3) is 2.76. The van der Waals surface area contributed by atoms with Gasteiger partial charge in [0.2, 0.25) is 5.82 Å². The van der Waals surface area contributed by atoms with Gasteiger partial charge in [-0.15, -0.1) is 0 Å². The molecule has 1 amide bonds. The van der Waals surface area contributed by atoms with Gasteiger partial charge in [-0.05, 0) is 24.6 Å². The van der Waals surface area contributed by atoms with Crippen molar-refractivity contribution >= 4 is 17.6 Å². The molecule has 0 unspecified atom stereocenters. The van der Waals surface area contributed by atoms with Gasteiger partial charge in [0.05, 0.1) is 12.7 Å². The van der Waals surface area contributed by atoms with Crippen LogP contribution in [-0.2, 0) is 4.74 Å². The molecule has 0 aliphatic heterocycles. The Morgan fingerprint density at radius 1 is 1.37 bits per heavy atom. The van der Waals surface area contributed by atoms with E-state index in [0.717, 1.165) is 5.56 Å². The summed E-state index contributed by atoms with van der Waals surface area (Å²) in [4.78, 5) is 27.0. The molecular formula is C12H12N4O3. The van der Waals surface area contributed by atoms with Crippen molar-refractivity contribution in [2.75, 3.05) is 12.4 Å². The first-order valence-electron chi connectivity index (χ1n) is 5.47. The summed E-state index contributed by atoms with van der Waals surface area (Å²) in [6, 6.07) is 4.91. The van der Waals surface area contributed by atoms with Crippen molar-refractivity contribution < 1.29 is 14.3 Å². The van der Waals surface area contributed by atoms with Crippen molar-refractivity contribution in [3.8, 4) is 0 Å². The molecule has 7 nitrogen and oxygen atoms in total. The first-order chi connectivity index (χ1) is 9.11. The van der Waals surface area contributed by atoms with Crippen LogP contribution in [0.2, 0.25) is 0 Å². The van der Waals surface area contributed by atoms with E-state index in [2.05, 4.69) is 25.2 Å². The number of carbonyl (C=O) groups is 2. The van der Waals surface area contributed by atoms with E-state index >= 15 is 0 Å². The number of H-pyrrole nitrogens is 1. The quantitative estimate of drug-likeness (QED) is 0.807. The Hall–Kier alpha value is -2.70. The maximum Gasteiger partial charge on any atom is 0.337 e. The molecule has 0 saturated heterocycles. The van der Waals surface area contributed by atoms with E-state index in [1.165, 1.54) is 13.4 Å². The molecule has 98 valence electrons. The number of aryl methyl sites for hydroxylation is 1. The van der Waals surface area contributed by atoms with Crippen LogP contribution >= 0.6 is 0 Å². The second-order valence-electron chi connectivity index (χ2n) is 3.81. The van der Waals surface area contributed by atoms with E-state index in [0.29, 0.717) is 11.3 Å². The van der Waals surface area contributed by atoms with Crippen LogP contribution in [-0.4, -0.2) is 34.2 Å². The van der Waals surface area contributed by atoms with Gasteiger partial charge in [-0.1, -0.05) is 6.07 Å². The van der Waals surface area contributed by atoms with Crippen molar-refractivity contribution in [3.63, 3.8) is 0 Å². The fourth-order valence-electron chi connectivity index (χ4n) is 1.50. The van der Waals surface area contributed by atoms with E-state index in [9.17, 15) is 9.59 Å². The van der Waals surface area contributed by atoms with E-state index in [4.69, 9.17) is 0 Å². The van der Waals surface area contributed by atoms with Crippen LogP contribution in [0.25, 0.3) is 0 Å². The maximum absolute atomic E-state index is 11.8. The molecule has 0 bridgehead atoms. The number of ether oxygens (including phenoxy) is 1. The molecule has 1 aromatic heterocycles. The van der Waals surface area contributed by atoms with Crippen molar-refractivity contribution in [3.05, 3.63) is 41.5 Å². The minimum absolute atomic E-state index is 0.0999. The van der Waals surface area contributed by atoms with Gasteiger partial charge in [0.15, 0.2) is 0 Å². The number of hydrogen-bond donors (Lipinski definition) is 2. The Kier molecular flexibility index (Phi) is 3.56. The number of nitrogens with zero attached hydrogens (tertiary/aromatic N) is 2. The number of hydrogen-bond acceptors (Lipinski definition) is 5. The lowest BCUT2D eigenvalue weighted by molar-refractivity contribution is 0.0600. The lowest BCUT2D eigenvalue weighted by atomic mass is 10.1. The number of methoxy groups -OCH3 is 1. The zero-order chi connectivity index (χ0) is 13.8. The number of aromatic amines is 1. The lowest BCUT2D eigenvalue weighted by Crippen LogP contribution is -2.15. The van der Waals surface area contributed by atoms with Gasteiger partial charge in [-0.25, -0.2) is 9.78 Å². The van der Waals surface area contributed by atoms with Gasteiger partial charge in [0.25, 0.3) is 5.91 Å². The first-order valence-corrected chi connectivity index (χ1v) is 5.47. The molecule has 2 rings (SSSR count). The summed E-state index contributed by atoms with van der Waals surface area (Å²) in [6.07, 6.45) is 1.24. The van der Waals surface area contributed by atoms with Crippen LogP contribution < -0.4 is 5.32 Å². The fourth-order valence-corrected chi connectivity index (χ4v) is 1.50. The van der Waals surface area contributed by atoms with E-state index in [1.54, 1.807) is 18.2 Å². The molecular weight excluding hydrogens is 248 g/mol. The molecule has 2 aromatic rings. The Balaban J connectivity index is 2.24. The smallest absolute Gasteiger partial charge is 0.337 e. The normalized spacial score (nSPS) is 10.0. The summed E-state index contributed by atoms with van der Waals surface area (Å²) in [6.45, 7) is 1.82. The predicted molar refractivity (Wildman–Crippen MR) is 66.9 cm³/mol. The van der Waals surface area contributed by atoms with Gasteiger partial charge in [-0.3, -0.25) is 9.89 Å². The van der Waals surface area contributed by atoms with Crippen molar-refractivity contribution in [2.45, 2.75) is 6.92 Å². The molecule has 19 heavy (non-hydrogen) atoms. The van der Waals surface area contributed by atoms with Gasteiger partial charge >= 0.3 is 5.97 Å². The zero-order valence-corrected chi connectivity index (χ0v) is 10.4. The van der Waals surface area contributed by atoms with Crippen molar-refractivity contribution in [1.82, 2.24) is 15.2 Å². The average molecular weight is 260 g/mol. The summed E-state index contributed by atoms with van der Waals surface area (Å²) in [7, 11) is 1.30. The molecule has 0 saturated carbocycles. The number of nitrogens with one attached hydrogen (secondary N) is 2. The first kappa shape index (κ1) is 12.7. The van der Waals surface area contributed by atoms with E-state index in [-0.39, 0.29) is 5.82 Å². The highest BCUT2D eigenvalue weighted by molar-refractivity contribution is 6.02.